The smallest absolute Gasteiger partial charge is 0.148 e. The third-order valence-corrected chi connectivity index (χ3v) is 2.58. The van der Waals surface area contributed by atoms with Gasteiger partial charge in [0.2, 0.25) is 0 Å². The number of ether oxygens (including phenoxy) is 2. The zero-order valence-electron chi connectivity index (χ0n) is 10.2. The van der Waals surface area contributed by atoms with Crippen molar-refractivity contribution < 1.29 is 14.3 Å². The average Bonchev–Trinajstić information content (AvgIpc) is 2.37. The van der Waals surface area contributed by atoms with Gasteiger partial charge in [0, 0.05) is 23.7 Å². The first-order valence-electron chi connectivity index (χ1n) is 5.46. The van der Waals surface area contributed by atoms with Crippen molar-refractivity contribution in [2.24, 2.45) is 0 Å². The van der Waals surface area contributed by atoms with Gasteiger partial charge in [0.25, 0.3) is 0 Å². The number of hydrogen-bond acceptors (Lipinski definition) is 4. The third kappa shape index (κ3) is 5.52. The normalized spacial score (nSPS) is 10.1. The molecule has 0 fully saturated rings. The fourth-order valence-electron chi connectivity index (χ4n) is 1.27. The zero-order chi connectivity index (χ0) is 13.2. The van der Waals surface area contributed by atoms with Crippen molar-refractivity contribution in [3.63, 3.8) is 0 Å². The molecule has 0 bridgehead atoms. The fraction of sp³-hybridized carbons (Fsp3) is 0.385. The predicted molar refractivity (Wildman–Crippen MR) is 73.1 cm³/mol. The summed E-state index contributed by atoms with van der Waals surface area (Å²) in [5.41, 5.74) is 3.82. The van der Waals surface area contributed by atoms with Crippen LogP contribution >= 0.6 is 15.9 Å². The molecule has 0 aromatic heterocycles. The maximum absolute atomic E-state index is 5.44. The van der Waals surface area contributed by atoms with Gasteiger partial charge in [0.05, 0.1) is 13.2 Å². The molecule has 98 valence electrons. The van der Waals surface area contributed by atoms with Gasteiger partial charge < -0.3 is 9.47 Å². The van der Waals surface area contributed by atoms with Crippen molar-refractivity contribution in [3.05, 3.63) is 28.2 Å². The van der Waals surface area contributed by atoms with Crippen LogP contribution in [0.2, 0.25) is 0 Å². The van der Waals surface area contributed by atoms with E-state index in [0.717, 1.165) is 15.8 Å². The molecule has 0 aliphatic carbocycles. The Bertz CT molecular complexity index is 404. The summed E-state index contributed by atoms with van der Waals surface area (Å²) in [4.78, 5) is 5.19. The van der Waals surface area contributed by atoms with Crippen molar-refractivity contribution in [1.29, 1.82) is 0 Å². The molecule has 0 atom stereocenters. The molecule has 0 aliphatic heterocycles. The molecule has 5 heteroatoms. The summed E-state index contributed by atoms with van der Waals surface area (Å²) in [6.07, 6.45) is 5.17. The lowest BCUT2D eigenvalue weighted by molar-refractivity contribution is 0.00318. The van der Waals surface area contributed by atoms with Gasteiger partial charge in [-0.15, -0.1) is 6.42 Å². The maximum Gasteiger partial charge on any atom is 0.148 e. The van der Waals surface area contributed by atoms with Crippen LogP contribution in [-0.4, -0.2) is 26.9 Å². The largest absolute Gasteiger partial charge is 0.481 e. The van der Waals surface area contributed by atoms with Gasteiger partial charge in [-0.1, -0.05) is 21.9 Å². The molecular weight excluding hydrogens is 298 g/mol. The molecule has 4 nitrogen and oxygen atoms in total. The lowest BCUT2D eigenvalue weighted by Crippen LogP contribution is -2.17. The minimum absolute atomic E-state index is 0.249. The number of nitrogens with one attached hydrogen (secondary N) is 1. The van der Waals surface area contributed by atoms with Crippen LogP contribution in [0.15, 0.2) is 22.7 Å². The molecular formula is C13H16BrNO3. The van der Waals surface area contributed by atoms with Crippen LogP contribution in [0, 0.1) is 12.3 Å². The topological polar surface area (TPSA) is 39.7 Å². The zero-order valence-corrected chi connectivity index (χ0v) is 11.8. The molecule has 1 rings (SSSR count). The average molecular weight is 314 g/mol. The quantitative estimate of drug-likeness (QED) is 0.453. The van der Waals surface area contributed by atoms with Gasteiger partial charge in [-0.25, -0.2) is 0 Å². The molecule has 0 aliphatic rings. The summed E-state index contributed by atoms with van der Waals surface area (Å²) in [5.74, 6) is 3.19. The van der Waals surface area contributed by atoms with Gasteiger partial charge in [-0.3, -0.25) is 4.84 Å². The minimum Gasteiger partial charge on any atom is -0.481 e. The predicted octanol–water partition coefficient (Wildman–Crippen LogP) is 2.13. The molecule has 0 amide bonds. The molecule has 0 saturated heterocycles. The van der Waals surface area contributed by atoms with E-state index in [1.54, 1.807) is 7.11 Å². The highest BCUT2D eigenvalue weighted by molar-refractivity contribution is 9.10. The standard InChI is InChI=1S/C13H16BrNO3/c1-3-6-17-13-5-4-12(14)9-11(13)10-15-18-8-7-16-2/h1,4-5,9,15H,6-8,10H2,2H3. The summed E-state index contributed by atoms with van der Waals surface area (Å²) in [6.45, 7) is 1.82. The second-order valence-electron chi connectivity index (χ2n) is 3.41. The maximum atomic E-state index is 5.44. The highest BCUT2D eigenvalue weighted by atomic mass is 79.9. The molecule has 1 aromatic rings. The van der Waals surface area contributed by atoms with E-state index >= 15 is 0 Å². The van der Waals surface area contributed by atoms with Gasteiger partial charge >= 0.3 is 0 Å². The lowest BCUT2D eigenvalue weighted by atomic mass is 10.2. The highest BCUT2D eigenvalue weighted by Crippen LogP contribution is 2.23. The fourth-order valence-corrected chi connectivity index (χ4v) is 1.68. The molecule has 18 heavy (non-hydrogen) atoms. The van der Waals surface area contributed by atoms with Gasteiger partial charge in [0.1, 0.15) is 12.4 Å². The van der Waals surface area contributed by atoms with Crippen LogP contribution in [0.25, 0.3) is 0 Å². The van der Waals surface area contributed by atoms with Gasteiger partial charge in [0.15, 0.2) is 0 Å². The highest BCUT2D eigenvalue weighted by Gasteiger charge is 2.04. The van der Waals surface area contributed by atoms with Crippen LogP contribution in [0.4, 0.5) is 0 Å². The Balaban J connectivity index is 2.51. The van der Waals surface area contributed by atoms with E-state index in [4.69, 9.17) is 20.7 Å². The number of hydrogen-bond donors (Lipinski definition) is 1. The number of benzene rings is 1. The summed E-state index contributed by atoms with van der Waals surface area (Å²) < 4.78 is 11.3. The summed E-state index contributed by atoms with van der Waals surface area (Å²) >= 11 is 3.41. The molecule has 0 radical (unpaired) electrons. The Labute approximate surface area is 116 Å². The van der Waals surface area contributed by atoms with Crippen LogP contribution < -0.4 is 10.2 Å². The molecule has 0 saturated carbocycles. The van der Waals surface area contributed by atoms with Crippen LogP contribution in [0.3, 0.4) is 0 Å². The van der Waals surface area contributed by atoms with E-state index in [1.165, 1.54) is 0 Å². The number of methoxy groups -OCH3 is 1. The van der Waals surface area contributed by atoms with Crippen molar-refractivity contribution in [3.8, 4) is 18.1 Å². The number of hydroxylamine groups is 1. The summed E-state index contributed by atoms with van der Waals surface area (Å²) in [5, 5.41) is 0. The van der Waals surface area contributed by atoms with Crippen molar-refractivity contribution in [1.82, 2.24) is 5.48 Å². The Kier molecular flexibility index (Phi) is 7.46. The Hall–Kier alpha value is -1.06. The Morgan fingerprint density at radius 2 is 2.22 bits per heavy atom. The van der Waals surface area contributed by atoms with Crippen molar-refractivity contribution in [2.45, 2.75) is 6.54 Å². The summed E-state index contributed by atoms with van der Waals surface area (Å²) in [6, 6.07) is 5.73. The molecule has 0 heterocycles. The van der Waals surface area contributed by atoms with E-state index < -0.39 is 0 Å². The van der Waals surface area contributed by atoms with E-state index in [2.05, 4.69) is 27.3 Å². The van der Waals surface area contributed by atoms with Crippen LogP contribution in [0.5, 0.6) is 5.75 Å². The van der Waals surface area contributed by atoms with Crippen molar-refractivity contribution in [2.75, 3.05) is 26.9 Å². The second-order valence-corrected chi connectivity index (χ2v) is 4.32. The Morgan fingerprint density at radius 1 is 1.39 bits per heavy atom. The summed E-state index contributed by atoms with van der Waals surface area (Å²) in [7, 11) is 1.63. The first-order chi connectivity index (χ1) is 8.77. The van der Waals surface area contributed by atoms with E-state index in [1.807, 2.05) is 18.2 Å². The van der Waals surface area contributed by atoms with Crippen LogP contribution in [0.1, 0.15) is 5.56 Å². The first kappa shape index (κ1) is 15.0. The van der Waals surface area contributed by atoms with Gasteiger partial charge in [-0.2, -0.15) is 5.48 Å². The minimum atomic E-state index is 0.249. The molecule has 1 N–H and O–H groups in total. The molecule has 0 spiro atoms. The van der Waals surface area contributed by atoms with E-state index in [0.29, 0.717) is 19.8 Å². The molecule has 0 unspecified atom stereocenters. The SMILES string of the molecule is C#CCOc1ccc(Br)cc1CNOCCOC. The second kappa shape index (κ2) is 8.95. The number of rotatable bonds is 8. The third-order valence-electron chi connectivity index (χ3n) is 2.09. The first-order valence-corrected chi connectivity index (χ1v) is 6.25. The molecule has 1 aromatic carbocycles. The van der Waals surface area contributed by atoms with Crippen molar-refractivity contribution >= 4 is 15.9 Å². The van der Waals surface area contributed by atoms with E-state index in [9.17, 15) is 0 Å². The van der Waals surface area contributed by atoms with Gasteiger partial charge in [-0.05, 0) is 18.2 Å². The number of terminal acetylenes is 1. The van der Waals surface area contributed by atoms with Crippen LogP contribution in [-0.2, 0) is 16.1 Å². The monoisotopic (exact) mass is 313 g/mol. The Morgan fingerprint density at radius 3 is 2.94 bits per heavy atom. The van der Waals surface area contributed by atoms with E-state index in [-0.39, 0.29) is 6.61 Å². The number of halogens is 1. The lowest BCUT2D eigenvalue weighted by Gasteiger charge is -2.11.